The first-order chi connectivity index (χ1) is 15.5. The van der Waals surface area contributed by atoms with Crippen LogP contribution >= 0.6 is 11.3 Å². The zero-order valence-corrected chi connectivity index (χ0v) is 19.0. The van der Waals surface area contributed by atoms with Crippen LogP contribution in [-0.2, 0) is 13.0 Å². The molecule has 1 amide bonds. The van der Waals surface area contributed by atoms with E-state index in [1.165, 1.54) is 16.9 Å². The summed E-state index contributed by atoms with van der Waals surface area (Å²) >= 11 is 1.47. The average Bonchev–Trinajstić information content (AvgIpc) is 3.36. The van der Waals surface area contributed by atoms with Crippen LogP contribution in [0.25, 0.3) is 0 Å². The van der Waals surface area contributed by atoms with Crippen molar-refractivity contribution in [3.05, 3.63) is 93.7 Å². The highest BCUT2D eigenvalue weighted by Crippen LogP contribution is 2.29. The molecular weight excluding hydrogens is 426 g/mol. The number of amides is 1. The number of rotatable bonds is 7. The maximum absolute atomic E-state index is 14.1. The second-order valence-corrected chi connectivity index (χ2v) is 9.42. The van der Waals surface area contributed by atoms with E-state index < -0.39 is 11.6 Å². The molecule has 2 heterocycles. The average molecular weight is 455 g/mol. The Hall–Kier alpha value is -2.57. The Morgan fingerprint density at radius 2 is 1.81 bits per heavy atom. The normalized spacial score (nSPS) is 16.1. The lowest BCUT2D eigenvalue weighted by Gasteiger charge is -2.40. The zero-order valence-electron chi connectivity index (χ0n) is 18.2. The van der Waals surface area contributed by atoms with E-state index in [2.05, 4.69) is 17.0 Å². The molecule has 1 atom stereocenters. The summed E-state index contributed by atoms with van der Waals surface area (Å²) in [5.74, 6) is -1.14. The second-order valence-electron chi connectivity index (χ2n) is 8.48. The Balaban J connectivity index is 1.45. The number of hydrogen-bond acceptors (Lipinski definition) is 3. The molecule has 2 aromatic carbocycles. The van der Waals surface area contributed by atoms with E-state index in [-0.39, 0.29) is 11.9 Å². The molecule has 1 aromatic heterocycles. The molecule has 1 aliphatic heterocycles. The van der Waals surface area contributed by atoms with Crippen molar-refractivity contribution in [2.45, 2.75) is 31.8 Å². The van der Waals surface area contributed by atoms with Gasteiger partial charge in [0.05, 0.1) is 4.88 Å². The number of thiophene rings is 1. The minimum atomic E-state index is -0.797. The molecule has 1 fully saturated rings. The molecule has 168 valence electrons. The van der Waals surface area contributed by atoms with Crippen molar-refractivity contribution < 1.29 is 13.6 Å². The summed E-state index contributed by atoms with van der Waals surface area (Å²) < 4.78 is 27.6. The largest absolute Gasteiger partial charge is 0.337 e. The molecule has 3 aromatic rings. The molecule has 0 aliphatic carbocycles. The Morgan fingerprint density at radius 3 is 2.50 bits per heavy atom. The molecular formula is C26H28F2N2OS. The number of nitrogens with zero attached hydrogens (tertiary/aromatic N) is 2. The van der Waals surface area contributed by atoms with Gasteiger partial charge in [0, 0.05) is 25.2 Å². The summed E-state index contributed by atoms with van der Waals surface area (Å²) in [6.07, 6.45) is 2.63. The van der Waals surface area contributed by atoms with Crippen molar-refractivity contribution in [2.75, 3.05) is 20.1 Å². The molecule has 32 heavy (non-hydrogen) atoms. The van der Waals surface area contributed by atoms with Gasteiger partial charge in [0.15, 0.2) is 11.6 Å². The SMILES string of the molecule is CN(C(=O)c1cccs1)[C@H](Cc1ccccc1)C1CCN(Cc2cccc(F)c2F)CC1. The lowest BCUT2D eigenvalue weighted by atomic mass is 9.84. The van der Waals surface area contributed by atoms with Gasteiger partial charge in [-0.05, 0) is 61.3 Å². The number of hydrogen-bond donors (Lipinski definition) is 0. The second kappa shape index (κ2) is 10.4. The van der Waals surface area contributed by atoms with Gasteiger partial charge < -0.3 is 4.90 Å². The summed E-state index contributed by atoms with van der Waals surface area (Å²) in [5.41, 5.74) is 1.61. The highest BCUT2D eigenvalue weighted by molar-refractivity contribution is 7.12. The molecule has 0 spiro atoms. The molecule has 1 saturated heterocycles. The van der Waals surface area contributed by atoms with Gasteiger partial charge in [0.1, 0.15) is 0 Å². The quantitative estimate of drug-likeness (QED) is 0.463. The molecule has 4 rings (SSSR count). The lowest BCUT2D eigenvalue weighted by Crippen LogP contribution is -2.47. The van der Waals surface area contributed by atoms with E-state index in [0.717, 1.165) is 43.3 Å². The number of piperidine rings is 1. The number of benzene rings is 2. The van der Waals surface area contributed by atoms with Gasteiger partial charge in [0.25, 0.3) is 5.91 Å². The van der Waals surface area contributed by atoms with Crippen LogP contribution in [0, 0.1) is 17.6 Å². The van der Waals surface area contributed by atoms with Crippen LogP contribution in [0.4, 0.5) is 8.78 Å². The fourth-order valence-electron chi connectivity index (χ4n) is 4.61. The molecule has 0 N–H and O–H groups in total. The Bertz CT molecular complexity index is 1020. The number of likely N-dealkylation sites (N-methyl/N-ethyl adjacent to an activating group) is 1. The number of carbonyl (C=O) groups excluding carboxylic acids is 1. The van der Waals surface area contributed by atoms with Crippen LogP contribution in [0.5, 0.6) is 0 Å². The van der Waals surface area contributed by atoms with Crippen LogP contribution in [0.2, 0.25) is 0 Å². The fraction of sp³-hybridized carbons (Fsp3) is 0.346. The van der Waals surface area contributed by atoms with Crippen molar-refractivity contribution in [2.24, 2.45) is 5.92 Å². The van der Waals surface area contributed by atoms with Gasteiger partial charge >= 0.3 is 0 Å². The molecule has 3 nitrogen and oxygen atoms in total. The molecule has 0 bridgehead atoms. The van der Waals surface area contributed by atoms with Gasteiger partial charge in [0.2, 0.25) is 0 Å². The minimum absolute atomic E-state index is 0.0604. The maximum atomic E-state index is 14.1. The van der Waals surface area contributed by atoms with Crippen molar-refractivity contribution in [1.29, 1.82) is 0 Å². The number of halogens is 2. The predicted molar refractivity (Wildman–Crippen MR) is 125 cm³/mol. The van der Waals surface area contributed by atoms with Gasteiger partial charge in [-0.2, -0.15) is 0 Å². The van der Waals surface area contributed by atoms with Crippen molar-refractivity contribution in [3.8, 4) is 0 Å². The standard InChI is InChI=1S/C26H28F2N2OS/c1-29(26(31)24-11-6-16-32-24)23(17-19-7-3-2-4-8-19)20-12-14-30(15-13-20)18-21-9-5-10-22(27)25(21)28/h2-11,16,20,23H,12-15,17-18H2,1H3/t23-/m1/s1. The Kier molecular flexibility index (Phi) is 7.33. The topological polar surface area (TPSA) is 23.6 Å². The minimum Gasteiger partial charge on any atom is -0.337 e. The fourth-order valence-corrected chi connectivity index (χ4v) is 5.31. The Labute approximate surface area is 192 Å². The van der Waals surface area contributed by atoms with E-state index in [1.54, 1.807) is 12.1 Å². The highest BCUT2D eigenvalue weighted by Gasteiger charge is 2.32. The zero-order chi connectivity index (χ0) is 22.5. The monoisotopic (exact) mass is 454 g/mol. The maximum Gasteiger partial charge on any atom is 0.263 e. The van der Waals surface area contributed by atoms with Crippen LogP contribution in [-0.4, -0.2) is 41.9 Å². The summed E-state index contributed by atoms with van der Waals surface area (Å²) in [6, 6.07) is 18.5. The van der Waals surface area contributed by atoms with E-state index in [0.29, 0.717) is 18.0 Å². The number of carbonyl (C=O) groups is 1. The van der Waals surface area contributed by atoms with E-state index >= 15 is 0 Å². The summed E-state index contributed by atoms with van der Waals surface area (Å²) in [6.45, 7) is 2.00. The number of likely N-dealkylation sites (tertiary alicyclic amines) is 1. The van der Waals surface area contributed by atoms with E-state index in [1.807, 2.05) is 47.7 Å². The molecule has 0 saturated carbocycles. The van der Waals surface area contributed by atoms with Gasteiger partial charge in [-0.1, -0.05) is 48.5 Å². The summed E-state index contributed by atoms with van der Waals surface area (Å²) in [5, 5.41) is 1.93. The van der Waals surface area contributed by atoms with E-state index in [9.17, 15) is 13.6 Å². The Morgan fingerprint density at radius 1 is 1.06 bits per heavy atom. The molecule has 6 heteroatoms. The summed E-state index contributed by atoms with van der Waals surface area (Å²) in [7, 11) is 1.91. The third-order valence-electron chi connectivity index (χ3n) is 6.44. The van der Waals surface area contributed by atoms with Crippen LogP contribution < -0.4 is 0 Å². The molecule has 0 unspecified atom stereocenters. The third-order valence-corrected chi connectivity index (χ3v) is 7.30. The first-order valence-corrected chi connectivity index (χ1v) is 11.9. The van der Waals surface area contributed by atoms with Crippen molar-refractivity contribution in [1.82, 2.24) is 9.80 Å². The third kappa shape index (κ3) is 5.25. The molecule has 1 aliphatic rings. The van der Waals surface area contributed by atoms with E-state index in [4.69, 9.17) is 0 Å². The van der Waals surface area contributed by atoms with Gasteiger partial charge in [-0.3, -0.25) is 9.69 Å². The molecule has 0 radical (unpaired) electrons. The van der Waals surface area contributed by atoms with Crippen LogP contribution in [0.3, 0.4) is 0 Å². The van der Waals surface area contributed by atoms with Crippen molar-refractivity contribution >= 4 is 17.2 Å². The smallest absolute Gasteiger partial charge is 0.263 e. The lowest BCUT2D eigenvalue weighted by molar-refractivity contribution is 0.0588. The van der Waals surface area contributed by atoms with Crippen LogP contribution in [0.1, 0.15) is 33.6 Å². The van der Waals surface area contributed by atoms with Crippen molar-refractivity contribution in [3.63, 3.8) is 0 Å². The van der Waals surface area contributed by atoms with Gasteiger partial charge in [-0.15, -0.1) is 11.3 Å². The summed E-state index contributed by atoms with van der Waals surface area (Å²) in [4.78, 5) is 17.9. The highest BCUT2D eigenvalue weighted by atomic mass is 32.1. The predicted octanol–water partition coefficient (Wildman–Crippen LogP) is 5.62. The first-order valence-electron chi connectivity index (χ1n) is 11.0. The first kappa shape index (κ1) is 22.6. The van der Waals surface area contributed by atoms with Gasteiger partial charge in [-0.25, -0.2) is 8.78 Å². The van der Waals surface area contributed by atoms with Crippen LogP contribution in [0.15, 0.2) is 66.0 Å².